The van der Waals surface area contributed by atoms with Gasteiger partial charge in [-0.3, -0.25) is 0 Å². The lowest BCUT2D eigenvalue weighted by atomic mass is 9.79. The van der Waals surface area contributed by atoms with Crippen LogP contribution >= 0.6 is 0 Å². The van der Waals surface area contributed by atoms with Gasteiger partial charge in [-0.15, -0.1) is 0 Å². The zero-order chi connectivity index (χ0) is 9.47. The lowest BCUT2D eigenvalue weighted by Crippen LogP contribution is -2.18. The van der Waals surface area contributed by atoms with Crippen molar-refractivity contribution in [1.82, 2.24) is 0 Å². The second kappa shape index (κ2) is 2.97. The molecule has 1 saturated carbocycles. The quantitative estimate of drug-likeness (QED) is 0.479. The molecular formula is C12H18O. The molecule has 0 spiro atoms. The van der Waals surface area contributed by atoms with E-state index in [0.29, 0.717) is 11.8 Å². The molecule has 0 aromatic rings. The van der Waals surface area contributed by atoms with E-state index in [2.05, 4.69) is 19.9 Å². The molecule has 0 aromatic heterocycles. The number of carbonyl (C=O) groups excluding carboxylic acids is 1. The van der Waals surface area contributed by atoms with E-state index in [0.717, 1.165) is 24.5 Å². The number of fused-ring (bicyclic) bond motifs is 2. The third-order valence-corrected chi connectivity index (χ3v) is 4.03. The third kappa shape index (κ3) is 1.25. The molecule has 72 valence electrons. The minimum absolute atomic E-state index is 0.484. The molecular weight excluding hydrogens is 160 g/mol. The van der Waals surface area contributed by atoms with Crippen molar-refractivity contribution in [2.24, 2.45) is 17.3 Å². The minimum Gasteiger partial charge on any atom is -0.303 e. The standard InChI is InChI=1S/C12H18O/c1-12(2)10-5-6-11(12)9(8-10)4-3-7-13/h7-8,10-11H,3-6H2,1-2H3. The van der Waals surface area contributed by atoms with Crippen LogP contribution in [-0.2, 0) is 4.79 Å². The van der Waals surface area contributed by atoms with Crippen LogP contribution in [0.3, 0.4) is 0 Å². The molecule has 0 heterocycles. The molecule has 13 heavy (non-hydrogen) atoms. The summed E-state index contributed by atoms with van der Waals surface area (Å²) in [5.74, 6) is 1.57. The predicted molar refractivity (Wildman–Crippen MR) is 53.4 cm³/mol. The van der Waals surface area contributed by atoms with Gasteiger partial charge in [0, 0.05) is 6.42 Å². The van der Waals surface area contributed by atoms with E-state index in [1.54, 1.807) is 5.57 Å². The number of hydrogen-bond donors (Lipinski definition) is 0. The Balaban J connectivity index is 2.09. The van der Waals surface area contributed by atoms with Gasteiger partial charge < -0.3 is 4.79 Å². The first-order valence-electron chi connectivity index (χ1n) is 5.30. The van der Waals surface area contributed by atoms with Crippen LogP contribution < -0.4 is 0 Å². The second-order valence-electron chi connectivity index (χ2n) is 5.00. The summed E-state index contributed by atoms with van der Waals surface area (Å²) in [6, 6.07) is 0. The van der Waals surface area contributed by atoms with E-state index in [1.807, 2.05) is 0 Å². The molecule has 2 atom stereocenters. The normalized spacial score (nSPS) is 34.8. The van der Waals surface area contributed by atoms with Gasteiger partial charge in [0.05, 0.1) is 0 Å². The summed E-state index contributed by atoms with van der Waals surface area (Å²) < 4.78 is 0. The third-order valence-electron chi connectivity index (χ3n) is 4.03. The largest absolute Gasteiger partial charge is 0.303 e. The highest BCUT2D eigenvalue weighted by atomic mass is 16.1. The Morgan fingerprint density at radius 3 is 2.77 bits per heavy atom. The van der Waals surface area contributed by atoms with Gasteiger partial charge in [-0.1, -0.05) is 25.5 Å². The smallest absolute Gasteiger partial charge is 0.120 e. The summed E-state index contributed by atoms with van der Waals surface area (Å²) in [5, 5.41) is 0. The highest BCUT2D eigenvalue weighted by molar-refractivity contribution is 5.50. The van der Waals surface area contributed by atoms with Gasteiger partial charge in [-0.25, -0.2) is 0 Å². The van der Waals surface area contributed by atoms with Crippen LogP contribution in [0, 0.1) is 17.3 Å². The molecule has 0 aromatic carbocycles. The molecule has 1 fully saturated rings. The summed E-state index contributed by atoms with van der Waals surface area (Å²) in [5.41, 5.74) is 2.05. The second-order valence-corrected chi connectivity index (χ2v) is 5.00. The van der Waals surface area contributed by atoms with Crippen LogP contribution in [0.25, 0.3) is 0 Å². The Labute approximate surface area is 80.2 Å². The van der Waals surface area contributed by atoms with Crippen LogP contribution in [0.1, 0.15) is 39.5 Å². The first kappa shape index (κ1) is 8.98. The summed E-state index contributed by atoms with van der Waals surface area (Å²) in [6.07, 6.45) is 7.92. The van der Waals surface area contributed by atoms with Crippen molar-refractivity contribution in [3.05, 3.63) is 11.6 Å². The van der Waals surface area contributed by atoms with Crippen LogP contribution in [0.15, 0.2) is 11.6 Å². The van der Waals surface area contributed by atoms with Gasteiger partial charge in [-0.05, 0) is 36.5 Å². The van der Waals surface area contributed by atoms with E-state index in [-0.39, 0.29) is 0 Å². The lowest BCUT2D eigenvalue weighted by molar-refractivity contribution is -0.107. The van der Waals surface area contributed by atoms with Gasteiger partial charge in [0.2, 0.25) is 0 Å². The average Bonchev–Trinajstić information content (AvgIpc) is 2.52. The van der Waals surface area contributed by atoms with E-state index < -0.39 is 0 Å². The molecule has 2 rings (SSSR count). The topological polar surface area (TPSA) is 17.1 Å². The lowest BCUT2D eigenvalue weighted by Gasteiger charge is -2.25. The molecule has 0 saturated heterocycles. The Bertz CT molecular complexity index is 250. The van der Waals surface area contributed by atoms with Gasteiger partial charge in [0.15, 0.2) is 0 Å². The van der Waals surface area contributed by atoms with Crippen LogP contribution in [0.5, 0.6) is 0 Å². The van der Waals surface area contributed by atoms with Crippen molar-refractivity contribution < 1.29 is 4.79 Å². The van der Waals surface area contributed by atoms with Crippen molar-refractivity contribution in [2.45, 2.75) is 39.5 Å². The Hall–Kier alpha value is -0.590. The van der Waals surface area contributed by atoms with Crippen molar-refractivity contribution in [3.63, 3.8) is 0 Å². The van der Waals surface area contributed by atoms with E-state index in [1.165, 1.54) is 12.8 Å². The van der Waals surface area contributed by atoms with Gasteiger partial charge in [0.25, 0.3) is 0 Å². The van der Waals surface area contributed by atoms with Crippen LogP contribution in [0.2, 0.25) is 0 Å². The van der Waals surface area contributed by atoms with Crippen molar-refractivity contribution in [1.29, 1.82) is 0 Å². The van der Waals surface area contributed by atoms with E-state index in [4.69, 9.17) is 0 Å². The number of rotatable bonds is 3. The summed E-state index contributed by atoms with van der Waals surface area (Å²) in [7, 11) is 0. The van der Waals surface area contributed by atoms with Crippen molar-refractivity contribution in [3.8, 4) is 0 Å². The number of carbonyl (C=O) groups is 1. The van der Waals surface area contributed by atoms with Gasteiger partial charge in [0.1, 0.15) is 6.29 Å². The Kier molecular flexibility index (Phi) is 2.05. The highest BCUT2D eigenvalue weighted by Crippen LogP contribution is 2.57. The van der Waals surface area contributed by atoms with Crippen molar-refractivity contribution in [2.75, 3.05) is 0 Å². The maximum absolute atomic E-state index is 10.3. The Morgan fingerprint density at radius 2 is 2.31 bits per heavy atom. The van der Waals surface area contributed by atoms with Crippen LogP contribution in [-0.4, -0.2) is 6.29 Å². The minimum atomic E-state index is 0.484. The van der Waals surface area contributed by atoms with Gasteiger partial charge in [-0.2, -0.15) is 0 Å². The SMILES string of the molecule is CC1(C)C2C=C(CCC=O)C1CC2. The van der Waals surface area contributed by atoms with E-state index in [9.17, 15) is 4.79 Å². The zero-order valence-corrected chi connectivity index (χ0v) is 8.55. The zero-order valence-electron chi connectivity index (χ0n) is 8.55. The Morgan fingerprint density at radius 1 is 1.54 bits per heavy atom. The fourth-order valence-corrected chi connectivity index (χ4v) is 3.17. The number of allylic oxidation sites excluding steroid dienone is 2. The van der Waals surface area contributed by atoms with E-state index >= 15 is 0 Å². The number of aldehydes is 1. The van der Waals surface area contributed by atoms with Gasteiger partial charge >= 0.3 is 0 Å². The maximum atomic E-state index is 10.3. The molecule has 2 aliphatic carbocycles. The molecule has 0 N–H and O–H groups in total. The first-order valence-corrected chi connectivity index (χ1v) is 5.30. The number of hydrogen-bond acceptors (Lipinski definition) is 1. The van der Waals surface area contributed by atoms with Crippen LogP contribution in [0.4, 0.5) is 0 Å². The molecule has 2 aliphatic rings. The molecule has 2 bridgehead atoms. The van der Waals surface area contributed by atoms with Crippen molar-refractivity contribution >= 4 is 6.29 Å². The molecule has 2 unspecified atom stereocenters. The summed E-state index contributed by atoms with van der Waals surface area (Å²) in [6.45, 7) is 4.75. The molecule has 0 aliphatic heterocycles. The maximum Gasteiger partial charge on any atom is 0.120 e. The molecule has 1 nitrogen and oxygen atoms in total. The fraction of sp³-hybridized carbons (Fsp3) is 0.750. The predicted octanol–water partition coefficient (Wildman–Crippen LogP) is 2.96. The first-order chi connectivity index (χ1) is 6.16. The summed E-state index contributed by atoms with van der Waals surface area (Å²) in [4.78, 5) is 10.3. The fourth-order valence-electron chi connectivity index (χ4n) is 3.17. The monoisotopic (exact) mass is 178 g/mol. The molecule has 1 heteroatoms. The molecule has 0 amide bonds. The average molecular weight is 178 g/mol. The molecule has 0 radical (unpaired) electrons. The highest BCUT2D eigenvalue weighted by Gasteiger charge is 2.47. The summed E-state index contributed by atoms with van der Waals surface area (Å²) >= 11 is 0.